The Labute approximate surface area is 357 Å². The van der Waals surface area contributed by atoms with Crippen molar-refractivity contribution in [3.05, 3.63) is 95.1 Å². The Balaban J connectivity index is 1.41. The van der Waals surface area contributed by atoms with Crippen molar-refractivity contribution in [3.63, 3.8) is 0 Å². The Kier molecular flexibility index (Phi) is 19.5. The summed E-state index contributed by atoms with van der Waals surface area (Å²) >= 11 is 0. The lowest BCUT2D eigenvalue weighted by Crippen LogP contribution is -2.39. The Bertz CT molecular complexity index is 2000. The van der Waals surface area contributed by atoms with Crippen LogP contribution in [0.3, 0.4) is 0 Å². The van der Waals surface area contributed by atoms with Crippen LogP contribution >= 0.6 is 0 Å². The zero-order chi connectivity index (χ0) is 44.1. The first-order valence-corrected chi connectivity index (χ1v) is 19.4. The van der Waals surface area contributed by atoms with Crippen LogP contribution in [-0.4, -0.2) is 116 Å². The van der Waals surface area contributed by atoms with Crippen LogP contribution in [-0.2, 0) is 45.4 Å². The van der Waals surface area contributed by atoms with E-state index in [0.29, 0.717) is 72.2 Å². The summed E-state index contributed by atoms with van der Waals surface area (Å²) in [4.78, 5) is 38.1. The second-order valence-electron chi connectivity index (χ2n) is 13.4. The molecule has 0 aliphatic carbocycles. The van der Waals surface area contributed by atoms with Gasteiger partial charge in [-0.05, 0) is 70.8 Å². The van der Waals surface area contributed by atoms with Crippen molar-refractivity contribution in [1.82, 2.24) is 20.8 Å². The van der Waals surface area contributed by atoms with Crippen molar-refractivity contribution < 1.29 is 62.3 Å². The van der Waals surface area contributed by atoms with Gasteiger partial charge in [-0.3, -0.25) is 4.79 Å². The van der Waals surface area contributed by atoms with E-state index in [-0.39, 0.29) is 26.2 Å². The molecule has 0 spiro atoms. The van der Waals surface area contributed by atoms with Gasteiger partial charge in [-0.2, -0.15) is 0 Å². The number of methoxy groups -OCH3 is 8. The third kappa shape index (κ3) is 14.6. The summed E-state index contributed by atoms with van der Waals surface area (Å²) in [5, 5.41) is 20.5. The molecular weight excluding hydrogens is 792 g/mol. The summed E-state index contributed by atoms with van der Waals surface area (Å²) in [5.74, 6) is 2.66. The number of aliphatic hydroxyl groups excluding tert-OH is 1. The highest BCUT2D eigenvalue weighted by atomic mass is 16.7. The largest absolute Gasteiger partial charge is 0.493 e. The van der Waals surface area contributed by atoms with E-state index < -0.39 is 24.5 Å². The van der Waals surface area contributed by atoms with Crippen molar-refractivity contribution in [2.24, 2.45) is 0 Å². The van der Waals surface area contributed by atoms with Crippen LogP contribution in [0.4, 0.5) is 0 Å². The number of aliphatic hydroxyl groups is 1. The molecule has 17 heteroatoms. The zero-order valence-corrected chi connectivity index (χ0v) is 36.1. The first kappa shape index (κ1) is 47.7. The Hall–Kier alpha value is -5.98. The number of nitrogens with one attached hydrogen (secondary N) is 2. The van der Waals surface area contributed by atoms with Gasteiger partial charge in [-0.25, -0.2) is 4.79 Å². The van der Waals surface area contributed by atoms with Gasteiger partial charge in [0.05, 0.1) is 76.4 Å². The molecule has 0 radical (unpaired) electrons. The Morgan fingerprint density at radius 3 is 1.18 bits per heavy atom. The van der Waals surface area contributed by atoms with Crippen molar-refractivity contribution in [3.8, 4) is 46.0 Å². The van der Waals surface area contributed by atoms with Crippen LogP contribution in [0.2, 0.25) is 0 Å². The number of carbonyl (C=O) groups is 2. The van der Waals surface area contributed by atoms with Gasteiger partial charge >= 0.3 is 11.9 Å². The highest BCUT2D eigenvalue weighted by molar-refractivity contribution is 5.81. The van der Waals surface area contributed by atoms with Gasteiger partial charge in [0.25, 0.3) is 0 Å². The molecule has 0 fully saturated rings. The summed E-state index contributed by atoms with van der Waals surface area (Å²) in [6.07, 6.45) is -2.49. The van der Waals surface area contributed by atoms with Crippen LogP contribution in [0, 0.1) is 0 Å². The summed E-state index contributed by atoms with van der Waals surface area (Å²) in [6, 6.07) is 21.9. The van der Waals surface area contributed by atoms with Gasteiger partial charge < -0.3 is 63.3 Å². The van der Waals surface area contributed by atoms with Crippen molar-refractivity contribution in [2.45, 2.75) is 38.7 Å². The molecule has 17 nitrogen and oxygen atoms in total. The minimum atomic E-state index is -1.83. The lowest BCUT2D eigenvalue weighted by Gasteiger charge is -2.24. The van der Waals surface area contributed by atoms with Gasteiger partial charge in [0.1, 0.15) is 0 Å². The molecule has 0 amide bonds. The van der Waals surface area contributed by atoms with Crippen LogP contribution in [0.5, 0.6) is 46.0 Å². The third-order valence-electron chi connectivity index (χ3n) is 9.33. The normalized spacial score (nSPS) is 11.5. The number of ether oxygens (including phenoxy) is 8. The predicted octanol–water partition coefficient (Wildman–Crippen LogP) is 4.31. The van der Waals surface area contributed by atoms with Gasteiger partial charge in [-0.1, -0.05) is 24.3 Å². The van der Waals surface area contributed by atoms with E-state index in [1.807, 2.05) is 48.5 Å². The maximum absolute atomic E-state index is 13.3. The molecule has 4 rings (SSSR count). The minimum Gasteiger partial charge on any atom is -0.493 e. The van der Waals surface area contributed by atoms with Gasteiger partial charge in [-0.15, -0.1) is 10.1 Å². The SMILES string of the molecule is COc1ccc(CNCCN(Cc2ccc(OC)c(OC)c2)OC(=O)CC(O)C(=O)ON(CCNCc2ccc(OC)c(OC)c2)Cc2ccc(OC)c(OC)c2)cc1OC. The van der Waals surface area contributed by atoms with Crippen molar-refractivity contribution in [2.75, 3.05) is 83.1 Å². The first-order chi connectivity index (χ1) is 29.6. The fourth-order valence-electron chi connectivity index (χ4n) is 6.14. The predicted molar refractivity (Wildman–Crippen MR) is 225 cm³/mol. The van der Waals surface area contributed by atoms with Crippen LogP contribution in [0.25, 0.3) is 0 Å². The molecule has 3 N–H and O–H groups in total. The number of rotatable bonds is 27. The number of hydroxylamine groups is 4. The molecule has 0 aliphatic rings. The molecular formula is C44H58N4O13. The minimum absolute atomic E-state index is 0.136. The number of hydrogen-bond acceptors (Lipinski definition) is 17. The summed E-state index contributed by atoms with van der Waals surface area (Å²) < 4.78 is 43.2. The topological polar surface area (TPSA) is 177 Å². The lowest BCUT2D eigenvalue weighted by molar-refractivity contribution is -0.209. The average molecular weight is 851 g/mol. The monoisotopic (exact) mass is 850 g/mol. The number of hydrogen-bond donors (Lipinski definition) is 3. The molecule has 332 valence electrons. The molecule has 0 saturated heterocycles. The molecule has 4 aromatic rings. The van der Waals surface area contributed by atoms with E-state index in [1.54, 1.807) is 59.8 Å². The highest BCUT2D eigenvalue weighted by Crippen LogP contribution is 2.31. The number of nitrogens with zero attached hydrogens (tertiary/aromatic N) is 2. The van der Waals surface area contributed by atoms with E-state index in [0.717, 1.165) is 22.3 Å². The average Bonchev–Trinajstić information content (AvgIpc) is 3.28. The smallest absolute Gasteiger partial charge is 0.354 e. The van der Waals surface area contributed by atoms with Gasteiger partial charge in [0.2, 0.25) is 0 Å². The van der Waals surface area contributed by atoms with Gasteiger partial charge in [0, 0.05) is 39.3 Å². The molecule has 4 aromatic carbocycles. The number of benzene rings is 4. The molecule has 0 aromatic heterocycles. The quantitative estimate of drug-likeness (QED) is 0.0571. The van der Waals surface area contributed by atoms with Crippen LogP contribution < -0.4 is 48.5 Å². The molecule has 1 atom stereocenters. The molecule has 0 heterocycles. The van der Waals surface area contributed by atoms with E-state index in [1.165, 1.54) is 31.5 Å². The van der Waals surface area contributed by atoms with Crippen LogP contribution in [0.1, 0.15) is 28.7 Å². The maximum atomic E-state index is 13.3. The van der Waals surface area contributed by atoms with Crippen molar-refractivity contribution in [1.29, 1.82) is 0 Å². The Morgan fingerprint density at radius 1 is 0.492 bits per heavy atom. The van der Waals surface area contributed by atoms with E-state index in [4.69, 9.17) is 47.6 Å². The maximum Gasteiger partial charge on any atom is 0.354 e. The molecule has 0 saturated carbocycles. The molecule has 61 heavy (non-hydrogen) atoms. The third-order valence-corrected chi connectivity index (χ3v) is 9.33. The standard InChI is InChI=1S/C44H58N4O13/c1-52-35-13-9-30(21-39(35)56-5)26-45-17-19-47(28-32-11-15-37(54-3)41(23-32)58-7)60-43(50)25-34(49)44(51)61-48(29-33-12-16-38(55-4)42(24-33)59-8)20-18-46-27-31-10-14-36(53-2)40(22-31)57-6/h9-16,21-24,34,45-46,49H,17-20,25-29H2,1-8H3. The Morgan fingerprint density at radius 2 is 0.820 bits per heavy atom. The summed E-state index contributed by atoms with van der Waals surface area (Å²) in [7, 11) is 12.4. The van der Waals surface area contributed by atoms with Crippen molar-refractivity contribution >= 4 is 11.9 Å². The summed E-state index contributed by atoms with van der Waals surface area (Å²) in [6.45, 7) is 2.55. The molecule has 0 bridgehead atoms. The number of carbonyl (C=O) groups excluding carboxylic acids is 2. The van der Waals surface area contributed by atoms with E-state index in [9.17, 15) is 14.7 Å². The second-order valence-corrected chi connectivity index (χ2v) is 13.4. The van der Waals surface area contributed by atoms with Gasteiger partial charge in [0.15, 0.2) is 52.1 Å². The van der Waals surface area contributed by atoms with Crippen LogP contribution in [0.15, 0.2) is 72.8 Å². The fraction of sp³-hybridized carbons (Fsp3) is 0.409. The highest BCUT2D eigenvalue weighted by Gasteiger charge is 2.26. The zero-order valence-electron chi connectivity index (χ0n) is 36.1. The fourth-order valence-corrected chi connectivity index (χ4v) is 6.14. The van der Waals surface area contributed by atoms with E-state index in [2.05, 4.69) is 10.6 Å². The summed E-state index contributed by atoms with van der Waals surface area (Å²) in [5.41, 5.74) is 3.40. The molecule has 1 unspecified atom stereocenters. The molecule has 0 aliphatic heterocycles. The second kappa shape index (κ2) is 24.9. The first-order valence-electron chi connectivity index (χ1n) is 19.4. The van der Waals surface area contributed by atoms with E-state index >= 15 is 0 Å². The lowest BCUT2D eigenvalue weighted by atomic mass is 10.2.